The van der Waals surface area contributed by atoms with Crippen LogP contribution < -0.4 is 20.7 Å². The number of hydrogen-bond donors (Lipinski definition) is 3. The Morgan fingerprint density at radius 1 is 1.17 bits per heavy atom. The molecule has 1 fully saturated rings. The van der Waals surface area contributed by atoms with Gasteiger partial charge in [0.2, 0.25) is 5.91 Å². The maximum Gasteiger partial charge on any atom is 0.248 e. The second kappa shape index (κ2) is 12.6. The Morgan fingerprint density at radius 2 is 2.03 bits per heavy atom. The number of carbonyl (C=O) groups is 1. The number of halogens is 1. The van der Waals surface area contributed by atoms with Gasteiger partial charge in [-0.05, 0) is 56.1 Å². The molecule has 2 aromatic carbocycles. The molecule has 9 heteroatoms. The van der Waals surface area contributed by atoms with Crippen molar-refractivity contribution in [2.24, 2.45) is 0 Å². The van der Waals surface area contributed by atoms with Gasteiger partial charge in [-0.2, -0.15) is 0 Å². The highest BCUT2D eigenvalue weighted by molar-refractivity contribution is 9.10. The van der Waals surface area contributed by atoms with Crippen LogP contribution in [-0.2, 0) is 16.0 Å². The first-order valence-corrected chi connectivity index (χ1v) is 12.5. The van der Waals surface area contributed by atoms with Crippen LogP contribution in [0.5, 0.6) is 5.75 Å². The summed E-state index contributed by atoms with van der Waals surface area (Å²) in [6, 6.07) is 11.9. The molecule has 1 amide bonds. The van der Waals surface area contributed by atoms with Crippen LogP contribution in [0, 0.1) is 0 Å². The largest absolute Gasteiger partial charge is 0.489 e. The minimum absolute atomic E-state index is 0.168. The Hall–Kier alpha value is -3.01. The van der Waals surface area contributed by atoms with E-state index in [1.54, 1.807) is 13.2 Å². The summed E-state index contributed by atoms with van der Waals surface area (Å²) in [6.45, 7) is 3.30. The molecule has 0 bridgehead atoms. The van der Waals surface area contributed by atoms with Gasteiger partial charge in [-0.25, -0.2) is 9.97 Å². The fraction of sp³-hybridized carbons (Fsp3) is 0.346. The highest BCUT2D eigenvalue weighted by Crippen LogP contribution is 2.32. The van der Waals surface area contributed by atoms with Crippen LogP contribution >= 0.6 is 15.9 Å². The molecule has 2 heterocycles. The lowest BCUT2D eigenvalue weighted by atomic mass is 10.1. The molecule has 1 saturated heterocycles. The molecule has 3 N–H and O–H groups in total. The Morgan fingerprint density at radius 3 is 2.83 bits per heavy atom. The highest BCUT2D eigenvalue weighted by atomic mass is 79.9. The van der Waals surface area contributed by atoms with E-state index in [2.05, 4.69) is 54.0 Å². The minimum atomic E-state index is -0.168. The Balaban J connectivity index is 1.56. The van der Waals surface area contributed by atoms with E-state index < -0.39 is 0 Å². The van der Waals surface area contributed by atoms with Crippen molar-refractivity contribution in [3.8, 4) is 5.75 Å². The third-order valence-electron chi connectivity index (χ3n) is 5.72. The number of aromatic nitrogens is 2. The lowest BCUT2D eigenvalue weighted by Crippen LogP contribution is -2.24. The molecule has 1 aliphatic heterocycles. The van der Waals surface area contributed by atoms with Gasteiger partial charge in [0.25, 0.3) is 0 Å². The monoisotopic (exact) mass is 539 g/mol. The number of methoxy groups -OCH3 is 1. The number of nitrogens with zero attached hydrogens (tertiary/aromatic N) is 2. The van der Waals surface area contributed by atoms with E-state index in [9.17, 15) is 4.79 Å². The zero-order chi connectivity index (χ0) is 24.5. The number of piperidine rings is 1. The van der Waals surface area contributed by atoms with Crippen LogP contribution in [0.4, 0.5) is 11.5 Å². The number of fused-ring (bicyclic) bond motifs is 1. The molecule has 1 aromatic heterocycles. The number of benzene rings is 2. The molecule has 4 rings (SSSR count). The van der Waals surface area contributed by atoms with Gasteiger partial charge in [-0.15, -0.1) is 0 Å². The summed E-state index contributed by atoms with van der Waals surface area (Å²) in [6.07, 6.45) is 5.82. The summed E-state index contributed by atoms with van der Waals surface area (Å²) >= 11 is 3.52. The first-order valence-electron chi connectivity index (χ1n) is 11.7. The normalized spacial score (nSPS) is 13.5. The number of rotatable bonds is 10. The first-order chi connectivity index (χ1) is 17.1. The fourth-order valence-electron chi connectivity index (χ4n) is 3.94. The Labute approximate surface area is 213 Å². The smallest absolute Gasteiger partial charge is 0.248 e. The quantitative estimate of drug-likeness (QED) is 0.260. The molecule has 0 aliphatic carbocycles. The van der Waals surface area contributed by atoms with Crippen molar-refractivity contribution in [1.29, 1.82) is 0 Å². The lowest BCUT2D eigenvalue weighted by molar-refractivity contribution is -0.112. The SMILES string of the molecule is COCCOc1cc2ncnc(NCCc3cccc(Br)c3)c2cc1NC(=O)C=C1CCNCC1. The lowest BCUT2D eigenvalue weighted by Gasteiger charge is -2.16. The fourth-order valence-corrected chi connectivity index (χ4v) is 4.39. The van der Waals surface area contributed by atoms with Crippen molar-refractivity contribution in [3.63, 3.8) is 0 Å². The second-order valence-corrected chi connectivity index (χ2v) is 9.19. The van der Waals surface area contributed by atoms with E-state index >= 15 is 0 Å². The molecule has 0 spiro atoms. The molecule has 35 heavy (non-hydrogen) atoms. The molecule has 0 radical (unpaired) electrons. The Bertz CT molecular complexity index is 1190. The summed E-state index contributed by atoms with van der Waals surface area (Å²) in [5.74, 6) is 1.09. The third kappa shape index (κ3) is 7.24. The minimum Gasteiger partial charge on any atom is -0.489 e. The maximum atomic E-state index is 12.8. The van der Waals surface area contributed by atoms with Crippen molar-refractivity contribution >= 4 is 44.2 Å². The maximum absolute atomic E-state index is 12.8. The van der Waals surface area contributed by atoms with E-state index in [0.717, 1.165) is 53.3 Å². The van der Waals surface area contributed by atoms with Gasteiger partial charge in [0.15, 0.2) is 0 Å². The summed E-state index contributed by atoms with van der Waals surface area (Å²) in [5, 5.41) is 10.5. The average Bonchev–Trinajstić information content (AvgIpc) is 2.85. The number of amides is 1. The first kappa shape index (κ1) is 25.1. The molecule has 1 aliphatic rings. The van der Waals surface area contributed by atoms with Gasteiger partial charge in [0.1, 0.15) is 24.5 Å². The van der Waals surface area contributed by atoms with Crippen LogP contribution in [-0.4, -0.2) is 55.8 Å². The Kier molecular flexibility index (Phi) is 9.05. The number of ether oxygens (including phenoxy) is 2. The number of carbonyl (C=O) groups excluding carboxylic acids is 1. The number of hydrogen-bond acceptors (Lipinski definition) is 7. The van der Waals surface area contributed by atoms with Crippen LogP contribution in [0.15, 0.2) is 58.8 Å². The number of nitrogens with one attached hydrogen (secondary N) is 3. The van der Waals surface area contributed by atoms with Gasteiger partial charge in [0, 0.05) is 35.7 Å². The molecule has 0 atom stereocenters. The van der Waals surface area contributed by atoms with Crippen molar-refractivity contribution in [2.75, 3.05) is 50.6 Å². The molecule has 184 valence electrons. The molecule has 8 nitrogen and oxygen atoms in total. The van der Waals surface area contributed by atoms with Crippen molar-refractivity contribution in [2.45, 2.75) is 19.3 Å². The summed E-state index contributed by atoms with van der Waals surface area (Å²) in [5.41, 5.74) is 3.67. The van der Waals surface area contributed by atoms with Crippen LogP contribution in [0.3, 0.4) is 0 Å². The van der Waals surface area contributed by atoms with Crippen molar-refractivity contribution in [3.05, 3.63) is 64.4 Å². The van der Waals surface area contributed by atoms with Gasteiger partial charge >= 0.3 is 0 Å². The van der Waals surface area contributed by atoms with Crippen LogP contribution in [0.2, 0.25) is 0 Å². The molecular formula is C26H30BrN5O3. The van der Waals surface area contributed by atoms with Crippen molar-refractivity contribution in [1.82, 2.24) is 15.3 Å². The van der Waals surface area contributed by atoms with Gasteiger partial charge in [-0.1, -0.05) is 33.6 Å². The molecule has 0 saturated carbocycles. The van der Waals surface area contributed by atoms with E-state index in [-0.39, 0.29) is 5.91 Å². The second-order valence-electron chi connectivity index (χ2n) is 8.28. The van der Waals surface area contributed by atoms with Gasteiger partial charge < -0.3 is 25.4 Å². The number of anilines is 2. The summed E-state index contributed by atoms with van der Waals surface area (Å²) in [7, 11) is 1.62. The predicted molar refractivity (Wildman–Crippen MR) is 142 cm³/mol. The summed E-state index contributed by atoms with van der Waals surface area (Å²) in [4.78, 5) is 21.7. The van der Waals surface area contributed by atoms with E-state index in [1.807, 2.05) is 24.3 Å². The van der Waals surface area contributed by atoms with Crippen molar-refractivity contribution < 1.29 is 14.3 Å². The van der Waals surface area contributed by atoms with Crippen LogP contribution in [0.1, 0.15) is 18.4 Å². The standard InChI is InChI=1S/C26H30BrN5O3/c1-34-11-12-35-24-16-22-21(15-23(24)32-25(33)14-19-5-8-28-9-6-19)26(31-17-30-22)29-10-7-18-3-2-4-20(27)13-18/h2-4,13-17,28H,5-12H2,1H3,(H,32,33)(H,29,30,31). The third-order valence-corrected chi connectivity index (χ3v) is 6.21. The van der Waals surface area contributed by atoms with Gasteiger partial charge in [0.05, 0.1) is 17.8 Å². The summed E-state index contributed by atoms with van der Waals surface area (Å²) < 4.78 is 12.1. The predicted octanol–water partition coefficient (Wildman–Crippen LogP) is 4.32. The molecule has 3 aromatic rings. The molecular weight excluding hydrogens is 510 g/mol. The zero-order valence-corrected chi connectivity index (χ0v) is 21.4. The topological polar surface area (TPSA) is 97.4 Å². The zero-order valence-electron chi connectivity index (χ0n) is 19.8. The van der Waals surface area contributed by atoms with E-state index in [4.69, 9.17) is 9.47 Å². The van der Waals surface area contributed by atoms with Gasteiger partial charge in [-0.3, -0.25) is 4.79 Å². The highest BCUT2D eigenvalue weighted by Gasteiger charge is 2.14. The molecule has 0 unspecified atom stereocenters. The van der Waals surface area contributed by atoms with Crippen LogP contribution in [0.25, 0.3) is 10.9 Å². The average molecular weight is 540 g/mol. The van der Waals surface area contributed by atoms with E-state index in [1.165, 1.54) is 11.9 Å². The van der Waals surface area contributed by atoms with E-state index in [0.29, 0.717) is 37.0 Å².